The molecule has 0 amide bonds. The second-order valence-corrected chi connectivity index (χ2v) is 13.3. The zero-order valence-electron chi connectivity index (χ0n) is 20.7. The van der Waals surface area contributed by atoms with Gasteiger partial charge in [0.05, 0.1) is 5.66 Å². The van der Waals surface area contributed by atoms with Crippen molar-refractivity contribution in [2.75, 3.05) is 23.0 Å². The van der Waals surface area contributed by atoms with Crippen molar-refractivity contribution in [3.63, 3.8) is 0 Å². The summed E-state index contributed by atoms with van der Waals surface area (Å²) in [5, 5.41) is 0. The largest absolute Gasteiger partial charge is 0.330 e. The molecule has 0 aromatic rings. The van der Waals surface area contributed by atoms with Crippen LogP contribution < -0.4 is 0 Å². The van der Waals surface area contributed by atoms with Crippen molar-refractivity contribution in [3.05, 3.63) is 0 Å². The van der Waals surface area contributed by atoms with E-state index in [1.54, 1.807) is 23.5 Å². The summed E-state index contributed by atoms with van der Waals surface area (Å²) in [6.07, 6.45) is 23.8. The van der Waals surface area contributed by atoms with E-state index in [1.807, 2.05) is 0 Å². The van der Waals surface area contributed by atoms with Gasteiger partial charge in [-0.1, -0.05) is 117 Å². The zero-order chi connectivity index (χ0) is 23.0. The Labute approximate surface area is 203 Å². The molecule has 0 aliphatic carbocycles. The van der Waals surface area contributed by atoms with Crippen LogP contribution in [0.4, 0.5) is 0 Å². The van der Waals surface area contributed by atoms with E-state index < -0.39 is 13.3 Å². The summed E-state index contributed by atoms with van der Waals surface area (Å²) in [4.78, 5) is 19.4. The van der Waals surface area contributed by atoms with E-state index in [4.69, 9.17) is 0 Å². The molecule has 0 rings (SSSR count). The quantitative estimate of drug-likeness (QED) is 0.0975. The maximum atomic E-state index is 11.8. The number of hydrogen-bond donors (Lipinski definition) is 2. The summed E-state index contributed by atoms with van der Waals surface area (Å²) in [7, 11) is -3.98. The van der Waals surface area contributed by atoms with Crippen LogP contribution in [0.5, 0.6) is 0 Å². The Kier molecular flexibility index (Phi) is 24.6. The molecule has 0 heterocycles. The lowest BCUT2D eigenvalue weighted by atomic mass is 10.1. The highest BCUT2D eigenvalue weighted by Crippen LogP contribution is 2.44. The molecule has 0 aromatic heterocycles. The Morgan fingerprint density at radius 2 is 0.839 bits per heavy atom. The average molecular weight is 497 g/mol. The smallest absolute Gasteiger partial charge is 0.324 e. The topological polar surface area (TPSA) is 57.5 Å². The van der Waals surface area contributed by atoms with E-state index in [9.17, 15) is 14.4 Å². The van der Waals surface area contributed by atoms with Crippen molar-refractivity contribution in [2.45, 2.75) is 135 Å². The van der Waals surface area contributed by atoms with Gasteiger partial charge in [0.15, 0.2) is 0 Å². The van der Waals surface area contributed by atoms with Crippen LogP contribution in [0.25, 0.3) is 0 Å². The van der Waals surface area contributed by atoms with Gasteiger partial charge in [0.2, 0.25) is 0 Å². The Morgan fingerprint density at radius 3 is 1.13 bits per heavy atom. The van der Waals surface area contributed by atoms with E-state index >= 15 is 0 Å². The third-order valence-corrected chi connectivity index (χ3v) is 10.1. The molecule has 2 N–H and O–H groups in total. The number of rotatable bonds is 25. The fourth-order valence-electron chi connectivity index (χ4n) is 3.71. The summed E-state index contributed by atoms with van der Waals surface area (Å²) in [5.41, 5.74) is -0.473. The van der Waals surface area contributed by atoms with E-state index in [1.165, 1.54) is 116 Å². The first kappa shape index (κ1) is 31.9. The minimum Gasteiger partial charge on any atom is -0.324 e. The van der Waals surface area contributed by atoms with Crippen LogP contribution in [0, 0.1) is 0 Å². The summed E-state index contributed by atoms with van der Waals surface area (Å²) >= 11 is 3.48. The summed E-state index contributed by atoms with van der Waals surface area (Å²) < 4.78 is 11.8. The van der Waals surface area contributed by atoms with Gasteiger partial charge < -0.3 is 9.79 Å². The van der Waals surface area contributed by atoms with Crippen molar-refractivity contribution in [2.24, 2.45) is 0 Å². The van der Waals surface area contributed by atoms with Crippen LogP contribution in [0.1, 0.15) is 129 Å². The van der Waals surface area contributed by atoms with E-state index in [0.717, 1.165) is 11.5 Å². The van der Waals surface area contributed by atoms with E-state index in [0.29, 0.717) is 11.5 Å². The third kappa shape index (κ3) is 23.8. The standard InChI is InChI=1S/C25H53O3PS2/c1-3-5-7-9-11-13-15-17-19-21-30-23-25(29(26,27)28)24-31-22-20-18-16-14-12-10-8-6-4-2/h25H,3-24H2,1-2H3,(H2,26,27,28). The number of hydrogen-bond acceptors (Lipinski definition) is 3. The third-order valence-electron chi connectivity index (χ3n) is 5.88. The highest BCUT2D eigenvalue weighted by Gasteiger charge is 2.28. The van der Waals surface area contributed by atoms with Crippen LogP contribution in [0.2, 0.25) is 0 Å². The lowest BCUT2D eigenvalue weighted by molar-refractivity contribution is 0.365. The van der Waals surface area contributed by atoms with Gasteiger partial charge >= 0.3 is 7.60 Å². The summed E-state index contributed by atoms with van der Waals surface area (Å²) in [6.45, 7) is 4.51. The van der Waals surface area contributed by atoms with Gasteiger partial charge in [-0.3, -0.25) is 4.57 Å². The monoisotopic (exact) mass is 496 g/mol. The van der Waals surface area contributed by atoms with Gasteiger partial charge in [-0.2, -0.15) is 23.5 Å². The first-order valence-electron chi connectivity index (χ1n) is 13.2. The predicted molar refractivity (Wildman–Crippen MR) is 145 cm³/mol. The summed E-state index contributed by atoms with van der Waals surface area (Å²) in [6, 6.07) is 0. The SMILES string of the molecule is CCCCCCCCCCCSCC(CSCCCCCCCCCCC)P(=O)(O)O. The second kappa shape index (κ2) is 24.0. The zero-order valence-corrected chi connectivity index (χ0v) is 23.2. The molecule has 3 nitrogen and oxygen atoms in total. The van der Waals surface area contributed by atoms with Crippen LogP contribution in [0.3, 0.4) is 0 Å². The van der Waals surface area contributed by atoms with Crippen molar-refractivity contribution in [1.82, 2.24) is 0 Å². The van der Waals surface area contributed by atoms with Crippen molar-refractivity contribution < 1.29 is 14.4 Å². The van der Waals surface area contributed by atoms with Crippen molar-refractivity contribution in [1.29, 1.82) is 0 Å². The normalized spacial score (nSPS) is 12.2. The molecule has 0 aliphatic heterocycles. The molecule has 0 unspecified atom stereocenters. The number of unbranched alkanes of at least 4 members (excludes halogenated alkanes) is 16. The van der Waals surface area contributed by atoms with Crippen LogP contribution >= 0.6 is 31.1 Å². The molecule has 0 saturated heterocycles. The van der Waals surface area contributed by atoms with Crippen LogP contribution in [-0.2, 0) is 4.57 Å². The highest BCUT2D eigenvalue weighted by molar-refractivity contribution is 8.00. The van der Waals surface area contributed by atoms with Gasteiger partial charge in [0, 0.05) is 11.5 Å². The maximum absolute atomic E-state index is 11.8. The van der Waals surface area contributed by atoms with Gasteiger partial charge in [-0.25, -0.2) is 0 Å². The molecule has 188 valence electrons. The lowest BCUT2D eigenvalue weighted by Gasteiger charge is -2.17. The predicted octanol–water partition coefficient (Wildman–Crippen LogP) is 9.06. The molecular formula is C25H53O3PS2. The molecule has 0 spiro atoms. The Balaban J connectivity index is 3.59. The first-order chi connectivity index (χ1) is 15.0. The fourth-order valence-corrected chi connectivity index (χ4v) is 7.98. The van der Waals surface area contributed by atoms with Crippen molar-refractivity contribution in [3.8, 4) is 0 Å². The van der Waals surface area contributed by atoms with E-state index in [2.05, 4.69) is 13.8 Å². The van der Waals surface area contributed by atoms with Crippen LogP contribution in [0.15, 0.2) is 0 Å². The van der Waals surface area contributed by atoms with Gasteiger partial charge in [0.1, 0.15) is 0 Å². The molecule has 31 heavy (non-hydrogen) atoms. The Hall–Kier alpha value is 0.850. The second-order valence-electron chi connectivity index (χ2n) is 9.05. The fraction of sp³-hybridized carbons (Fsp3) is 1.00. The molecular weight excluding hydrogens is 443 g/mol. The van der Waals surface area contributed by atoms with E-state index in [-0.39, 0.29) is 0 Å². The Morgan fingerprint density at radius 1 is 0.548 bits per heavy atom. The maximum Gasteiger partial charge on any atom is 0.330 e. The highest BCUT2D eigenvalue weighted by atomic mass is 32.2. The van der Waals surface area contributed by atoms with Crippen molar-refractivity contribution >= 4 is 31.1 Å². The molecule has 6 heteroatoms. The molecule has 0 bridgehead atoms. The minimum atomic E-state index is -3.98. The van der Waals surface area contributed by atoms with Gasteiger partial charge in [-0.15, -0.1) is 0 Å². The Bertz CT molecular complexity index is 378. The molecule has 0 radical (unpaired) electrons. The molecule has 0 saturated carbocycles. The number of thioether (sulfide) groups is 2. The molecule has 0 aromatic carbocycles. The lowest BCUT2D eigenvalue weighted by Crippen LogP contribution is -2.15. The average Bonchev–Trinajstić information content (AvgIpc) is 2.73. The van der Waals surface area contributed by atoms with Crippen LogP contribution in [-0.4, -0.2) is 38.5 Å². The molecule has 0 aliphatic rings. The molecule has 0 atom stereocenters. The first-order valence-corrected chi connectivity index (χ1v) is 17.2. The van der Waals surface area contributed by atoms with Gasteiger partial charge in [0.25, 0.3) is 0 Å². The summed E-state index contributed by atoms with van der Waals surface area (Å²) in [5.74, 6) is 3.28. The molecule has 0 fully saturated rings. The van der Waals surface area contributed by atoms with Gasteiger partial charge in [-0.05, 0) is 24.3 Å². The minimum absolute atomic E-state index is 0.473.